The van der Waals surface area contributed by atoms with Gasteiger partial charge in [0.25, 0.3) is 0 Å². The van der Waals surface area contributed by atoms with E-state index in [2.05, 4.69) is 5.10 Å². The first kappa shape index (κ1) is 18.6. The van der Waals surface area contributed by atoms with E-state index >= 15 is 0 Å². The van der Waals surface area contributed by atoms with Gasteiger partial charge in [-0.1, -0.05) is 54.6 Å². The third-order valence-electron chi connectivity index (χ3n) is 4.14. The Hall–Kier alpha value is -4.16. The predicted molar refractivity (Wildman–Crippen MR) is 102 cm³/mol. The molecule has 0 saturated heterocycles. The fourth-order valence-corrected chi connectivity index (χ4v) is 2.78. The third kappa shape index (κ3) is 4.32. The van der Waals surface area contributed by atoms with E-state index in [0.717, 1.165) is 16.7 Å². The van der Waals surface area contributed by atoms with Crippen LogP contribution >= 0.6 is 0 Å². The van der Waals surface area contributed by atoms with Crippen molar-refractivity contribution < 1.29 is 9.90 Å². The summed E-state index contributed by atoms with van der Waals surface area (Å²) in [4.78, 5) is 10.7. The molecule has 28 heavy (non-hydrogen) atoms. The Kier molecular flexibility index (Phi) is 5.64. The summed E-state index contributed by atoms with van der Waals surface area (Å²) in [5, 5.41) is 33.2. The molecule has 0 saturated carbocycles. The zero-order chi connectivity index (χ0) is 19.9. The molecule has 0 aliphatic carbocycles. The third-order valence-corrected chi connectivity index (χ3v) is 4.14. The fraction of sp³-hybridized carbons (Fsp3) is 0.0909. The second-order valence-electron chi connectivity index (χ2n) is 6.04. The van der Waals surface area contributed by atoms with E-state index in [0.29, 0.717) is 11.3 Å². The van der Waals surface area contributed by atoms with Crippen molar-refractivity contribution in [3.8, 4) is 34.5 Å². The number of carbonyl (C=O) groups excluding carboxylic acids is 1. The summed E-state index contributed by atoms with van der Waals surface area (Å²) in [5.74, 6) is -1.17. The summed E-state index contributed by atoms with van der Waals surface area (Å²) in [5.41, 5.74) is 4.03. The Balaban J connectivity index is 1.99. The minimum Gasteiger partial charge on any atom is -0.550 e. The largest absolute Gasteiger partial charge is 0.550 e. The highest BCUT2D eigenvalue weighted by molar-refractivity contribution is 5.77. The Morgan fingerprint density at radius 3 is 2.21 bits per heavy atom. The molecule has 3 aromatic rings. The monoisotopic (exact) mass is 367 g/mol. The van der Waals surface area contributed by atoms with Crippen LogP contribution < -0.4 is 5.11 Å². The molecule has 0 unspecified atom stereocenters. The van der Waals surface area contributed by atoms with Crippen molar-refractivity contribution in [3.63, 3.8) is 0 Å². The van der Waals surface area contributed by atoms with Crippen LogP contribution in [0.4, 0.5) is 0 Å². The van der Waals surface area contributed by atoms with Crippen LogP contribution in [-0.4, -0.2) is 15.7 Å². The number of carbonyl (C=O) groups is 1. The van der Waals surface area contributed by atoms with E-state index in [1.54, 1.807) is 6.20 Å². The lowest BCUT2D eigenvalue weighted by Gasteiger charge is -2.04. The van der Waals surface area contributed by atoms with Gasteiger partial charge in [0.05, 0.1) is 5.69 Å². The lowest BCUT2D eigenvalue weighted by atomic mass is 10.0. The smallest absolute Gasteiger partial charge is 0.130 e. The molecule has 0 spiro atoms. The van der Waals surface area contributed by atoms with E-state index < -0.39 is 5.97 Å². The van der Waals surface area contributed by atoms with Gasteiger partial charge in [0, 0.05) is 36.3 Å². The van der Waals surface area contributed by atoms with E-state index in [4.69, 9.17) is 10.5 Å². The second kappa shape index (κ2) is 8.48. The van der Waals surface area contributed by atoms with Gasteiger partial charge in [0.1, 0.15) is 17.7 Å². The molecule has 1 aromatic heterocycles. The average molecular weight is 367 g/mol. The topological polar surface area (TPSA) is 106 Å². The van der Waals surface area contributed by atoms with Gasteiger partial charge < -0.3 is 9.90 Å². The second-order valence-corrected chi connectivity index (χ2v) is 6.04. The number of hydrogen-bond acceptors (Lipinski definition) is 5. The van der Waals surface area contributed by atoms with Crippen LogP contribution in [-0.2, 0) is 11.3 Å². The van der Waals surface area contributed by atoms with E-state index in [1.165, 1.54) is 10.8 Å². The molecule has 3 rings (SSSR count). The minimum absolute atomic E-state index is 0.0541. The molecule has 6 nitrogen and oxygen atoms in total. The van der Waals surface area contributed by atoms with Gasteiger partial charge in [-0.25, -0.2) is 0 Å². The molecule has 0 fully saturated rings. The van der Waals surface area contributed by atoms with E-state index in [1.807, 2.05) is 66.7 Å². The SMILES string of the molecule is N#CC(C#N)=Cc1cn(CCC(=O)[O-])nc1-c1ccc(-c2ccccc2)cc1. The number of carboxylic acid groups (broad SMARTS) is 1. The van der Waals surface area contributed by atoms with E-state index in [-0.39, 0.29) is 18.5 Å². The van der Waals surface area contributed by atoms with Crippen LogP contribution in [0.1, 0.15) is 12.0 Å². The molecule has 0 atom stereocenters. The Labute approximate surface area is 162 Å². The highest BCUT2D eigenvalue weighted by Gasteiger charge is 2.11. The molecule has 1 heterocycles. The number of aryl methyl sites for hydroxylation is 1. The van der Waals surface area contributed by atoms with Gasteiger partial charge in [-0.3, -0.25) is 4.68 Å². The summed E-state index contributed by atoms with van der Waals surface area (Å²) in [6.07, 6.45) is 2.89. The number of aliphatic carboxylic acids is 1. The molecule has 2 aromatic carbocycles. The molecular formula is C22H15N4O2-. The van der Waals surface area contributed by atoms with Gasteiger partial charge in [-0.15, -0.1) is 0 Å². The van der Waals surface area contributed by atoms with Crippen molar-refractivity contribution >= 4 is 12.0 Å². The average Bonchev–Trinajstić information content (AvgIpc) is 3.14. The first-order valence-electron chi connectivity index (χ1n) is 8.56. The normalized spacial score (nSPS) is 9.93. The number of carboxylic acids is 1. The zero-order valence-corrected chi connectivity index (χ0v) is 14.9. The van der Waals surface area contributed by atoms with Crippen LogP contribution in [0.15, 0.2) is 66.4 Å². The van der Waals surface area contributed by atoms with Crippen LogP contribution in [0.5, 0.6) is 0 Å². The highest BCUT2D eigenvalue weighted by Crippen LogP contribution is 2.27. The van der Waals surface area contributed by atoms with Gasteiger partial charge in [-0.05, 0) is 17.2 Å². The zero-order valence-electron chi connectivity index (χ0n) is 14.9. The maximum Gasteiger partial charge on any atom is 0.130 e. The van der Waals surface area contributed by atoms with Crippen molar-refractivity contribution in [2.24, 2.45) is 0 Å². The van der Waals surface area contributed by atoms with Crippen LogP contribution in [0.25, 0.3) is 28.5 Å². The number of aromatic nitrogens is 2. The Bertz CT molecular complexity index is 1080. The van der Waals surface area contributed by atoms with Crippen molar-refractivity contribution in [3.05, 3.63) is 71.9 Å². The molecule has 0 N–H and O–H groups in total. The van der Waals surface area contributed by atoms with Crippen molar-refractivity contribution in [1.82, 2.24) is 9.78 Å². The van der Waals surface area contributed by atoms with Crippen LogP contribution in [0, 0.1) is 22.7 Å². The number of nitrogens with zero attached hydrogens (tertiary/aromatic N) is 4. The van der Waals surface area contributed by atoms with Gasteiger partial charge in [0.15, 0.2) is 0 Å². The molecular weight excluding hydrogens is 352 g/mol. The lowest BCUT2D eigenvalue weighted by Crippen LogP contribution is -2.23. The van der Waals surface area contributed by atoms with Crippen molar-refractivity contribution in [2.75, 3.05) is 0 Å². The standard InChI is InChI=1S/C22H16N4O2/c23-13-16(14-24)12-20-15-26(11-10-21(27)28)25-22(20)19-8-6-18(7-9-19)17-4-2-1-3-5-17/h1-9,12,15H,10-11H2,(H,27,28)/p-1. The number of nitriles is 2. The first-order chi connectivity index (χ1) is 13.6. The summed E-state index contributed by atoms with van der Waals surface area (Å²) in [7, 11) is 0. The maximum atomic E-state index is 10.7. The van der Waals surface area contributed by atoms with Crippen molar-refractivity contribution in [2.45, 2.75) is 13.0 Å². The van der Waals surface area contributed by atoms with E-state index in [9.17, 15) is 9.90 Å². The number of hydrogen-bond donors (Lipinski definition) is 0. The first-order valence-corrected chi connectivity index (χ1v) is 8.56. The molecule has 0 bridgehead atoms. The molecule has 136 valence electrons. The molecule has 0 amide bonds. The van der Waals surface area contributed by atoms with Crippen LogP contribution in [0.2, 0.25) is 0 Å². The number of rotatable bonds is 6. The van der Waals surface area contributed by atoms with Gasteiger partial charge in [-0.2, -0.15) is 15.6 Å². The quantitative estimate of drug-likeness (QED) is 0.623. The Morgan fingerprint density at radius 2 is 1.61 bits per heavy atom. The molecule has 0 aliphatic rings. The summed E-state index contributed by atoms with van der Waals surface area (Å²) in [6.45, 7) is 0.139. The number of benzene rings is 2. The number of allylic oxidation sites excluding steroid dienone is 1. The van der Waals surface area contributed by atoms with Gasteiger partial charge in [0.2, 0.25) is 0 Å². The summed E-state index contributed by atoms with van der Waals surface area (Å²) >= 11 is 0. The molecule has 6 heteroatoms. The fourth-order valence-electron chi connectivity index (χ4n) is 2.78. The Morgan fingerprint density at radius 1 is 1.00 bits per heavy atom. The van der Waals surface area contributed by atoms with Gasteiger partial charge >= 0.3 is 0 Å². The molecule has 0 aliphatic heterocycles. The summed E-state index contributed by atoms with van der Waals surface area (Å²) in [6, 6.07) is 21.3. The van der Waals surface area contributed by atoms with Crippen LogP contribution in [0.3, 0.4) is 0 Å². The maximum absolute atomic E-state index is 10.7. The highest BCUT2D eigenvalue weighted by atomic mass is 16.4. The summed E-state index contributed by atoms with van der Waals surface area (Å²) < 4.78 is 1.48. The predicted octanol–water partition coefficient (Wildman–Crippen LogP) is 2.79. The minimum atomic E-state index is -1.17. The lowest BCUT2D eigenvalue weighted by molar-refractivity contribution is -0.306. The van der Waals surface area contributed by atoms with Crippen molar-refractivity contribution in [1.29, 1.82) is 10.5 Å². The molecule has 0 radical (unpaired) electrons.